The first-order valence-corrected chi connectivity index (χ1v) is 7.30. The molecule has 102 valence electrons. The summed E-state index contributed by atoms with van der Waals surface area (Å²) in [6.07, 6.45) is 1.17. The van der Waals surface area contributed by atoms with Gasteiger partial charge in [0.05, 0.1) is 10.6 Å². The SMILES string of the molecule is CCN(CC(C)(C)O)C(=O)CCc1cc(Cl)cs1. The quantitative estimate of drug-likeness (QED) is 0.875. The Kier molecular flexibility index (Phi) is 5.63. The molecule has 0 fully saturated rings. The van der Waals surface area contributed by atoms with Gasteiger partial charge in [0, 0.05) is 29.8 Å². The fourth-order valence-corrected chi connectivity index (χ4v) is 2.79. The van der Waals surface area contributed by atoms with Crippen LogP contribution in [-0.2, 0) is 11.2 Å². The predicted octanol–water partition coefficient (Wildman–Crippen LogP) is 2.95. The van der Waals surface area contributed by atoms with Crippen molar-refractivity contribution < 1.29 is 9.90 Å². The third-order valence-corrected chi connectivity index (χ3v) is 3.86. The normalized spacial score (nSPS) is 11.6. The summed E-state index contributed by atoms with van der Waals surface area (Å²) in [5, 5.41) is 12.3. The van der Waals surface area contributed by atoms with Crippen molar-refractivity contribution in [2.45, 2.75) is 39.2 Å². The molecular weight excluding hydrogens is 270 g/mol. The van der Waals surface area contributed by atoms with Crippen molar-refractivity contribution in [3.63, 3.8) is 0 Å². The van der Waals surface area contributed by atoms with Crippen LogP contribution in [0.3, 0.4) is 0 Å². The van der Waals surface area contributed by atoms with Crippen molar-refractivity contribution >= 4 is 28.8 Å². The van der Waals surface area contributed by atoms with Crippen molar-refractivity contribution in [1.82, 2.24) is 4.90 Å². The Morgan fingerprint density at radius 1 is 1.56 bits per heavy atom. The van der Waals surface area contributed by atoms with Crippen LogP contribution in [0.15, 0.2) is 11.4 Å². The highest BCUT2D eigenvalue weighted by atomic mass is 35.5. The molecule has 1 aromatic rings. The third kappa shape index (κ3) is 5.38. The van der Waals surface area contributed by atoms with Crippen LogP contribution >= 0.6 is 22.9 Å². The maximum Gasteiger partial charge on any atom is 0.223 e. The van der Waals surface area contributed by atoms with E-state index in [1.54, 1.807) is 30.1 Å². The first-order valence-electron chi connectivity index (χ1n) is 6.05. The van der Waals surface area contributed by atoms with Crippen LogP contribution < -0.4 is 0 Å². The molecule has 3 nitrogen and oxygen atoms in total. The zero-order chi connectivity index (χ0) is 13.8. The summed E-state index contributed by atoms with van der Waals surface area (Å²) in [6, 6.07) is 1.89. The van der Waals surface area contributed by atoms with Crippen LogP contribution in [-0.4, -0.2) is 34.6 Å². The number of amides is 1. The number of likely N-dealkylation sites (N-methyl/N-ethyl adjacent to an activating group) is 1. The highest BCUT2D eigenvalue weighted by Gasteiger charge is 2.20. The van der Waals surface area contributed by atoms with Crippen LogP contribution in [0, 0.1) is 0 Å². The predicted molar refractivity (Wildman–Crippen MR) is 76.2 cm³/mol. The molecule has 0 saturated heterocycles. The van der Waals surface area contributed by atoms with Crippen molar-refractivity contribution in [2.75, 3.05) is 13.1 Å². The van der Waals surface area contributed by atoms with E-state index in [2.05, 4.69) is 0 Å². The number of nitrogens with zero attached hydrogens (tertiary/aromatic N) is 1. The number of rotatable bonds is 6. The second-order valence-electron chi connectivity index (χ2n) is 4.95. The van der Waals surface area contributed by atoms with Gasteiger partial charge in [0.1, 0.15) is 0 Å². The molecule has 0 atom stereocenters. The lowest BCUT2D eigenvalue weighted by Gasteiger charge is -2.28. The molecule has 0 unspecified atom stereocenters. The molecule has 0 saturated carbocycles. The van der Waals surface area contributed by atoms with Gasteiger partial charge in [0.2, 0.25) is 5.91 Å². The van der Waals surface area contributed by atoms with Crippen LogP contribution in [0.4, 0.5) is 0 Å². The topological polar surface area (TPSA) is 40.5 Å². The van der Waals surface area contributed by atoms with Crippen LogP contribution in [0.1, 0.15) is 32.1 Å². The number of halogens is 1. The van der Waals surface area contributed by atoms with Crippen molar-refractivity contribution in [3.8, 4) is 0 Å². The van der Waals surface area contributed by atoms with E-state index in [0.717, 1.165) is 9.90 Å². The van der Waals surface area contributed by atoms with Gasteiger partial charge in [-0.05, 0) is 33.3 Å². The zero-order valence-electron chi connectivity index (χ0n) is 11.1. The van der Waals surface area contributed by atoms with E-state index in [-0.39, 0.29) is 5.91 Å². The van der Waals surface area contributed by atoms with Gasteiger partial charge in [0.25, 0.3) is 0 Å². The van der Waals surface area contributed by atoms with Gasteiger partial charge in [-0.25, -0.2) is 0 Å². The summed E-state index contributed by atoms with van der Waals surface area (Å²) >= 11 is 7.41. The molecule has 18 heavy (non-hydrogen) atoms. The van der Waals surface area contributed by atoms with Gasteiger partial charge in [-0.1, -0.05) is 11.6 Å². The second kappa shape index (κ2) is 6.55. The largest absolute Gasteiger partial charge is 0.389 e. The van der Waals surface area contributed by atoms with E-state index in [1.807, 2.05) is 18.4 Å². The van der Waals surface area contributed by atoms with Gasteiger partial charge in [-0.2, -0.15) is 0 Å². The van der Waals surface area contributed by atoms with E-state index in [0.29, 0.717) is 25.9 Å². The van der Waals surface area contributed by atoms with Crippen LogP contribution in [0.25, 0.3) is 0 Å². The van der Waals surface area contributed by atoms with E-state index >= 15 is 0 Å². The summed E-state index contributed by atoms with van der Waals surface area (Å²) < 4.78 is 0. The molecule has 1 amide bonds. The lowest BCUT2D eigenvalue weighted by atomic mass is 10.1. The molecule has 0 aromatic carbocycles. The molecule has 0 spiro atoms. The Morgan fingerprint density at radius 2 is 2.22 bits per heavy atom. The molecule has 0 aliphatic carbocycles. The summed E-state index contributed by atoms with van der Waals surface area (Å²) in [5.74, 6) is 0.0733. The molecule has 0 radical (unpaired) electrons. The number of aryl methyl sites for hydroxylation is 1. The molecule has 1 rings (SSSR count). The number of carbonyl (C=O) groups is 1. The molecule has 0 bridgehead atoms. The lowest BCUT2D eigenvalue weighted by molar-refractivity contribution is -0.133. The highest BCUT2D eigenvalue weighted by molar-refractivity contribution is 7.10. The fraction of sp³-hybridized carbons (Fsp3) is 0.615. The Balaban J connectivity index is 2.47. The minimum Gasteiger partial charge on any atom is -0.389 e. The van der Waals surface area contributed by atoms with Gasteiger partial charge in [-0.3, -0.25) is 4.79 Å². The average Bonchev–Trinajstić information content (AvgIpc) is 2.67. The Bertz CT molecular complexity index is 398. The van der Waals surface area contributed by atoms with Gasteiger partial charge < -0.3 is 10.0 Å². The number of carbonyl (C=O) groups excluding carboxylic acids is 1. The molecule has 5 heteroatoms. The fourth-order valence-electron chi connectivity index (χ4n) is 1.72. The Morgan fingerprint density at radius 3 is 2.67 bits per heavy atom. The van der Waals surface area contributed by atoms with E-state index in [4.69, 9.17) is 11.6 Å². The van der Waals surface area contributed by atoms with Crippen molar-refractivity contribution in [3.05, 3.63) is 21.3 Å². The summed E-state index contributed by atoms with van der Waals surface area (Å²) in [5.41, 5.74) is -0.849. The molecule has 1 N–H and O–H groups in total. The standard InChI is InChI=1S/C13H20ClNO2S/c1-4-15(9-13(2,3)17)12(16)6-5-11-7-10(14)8-18-11/h7-8,17H,4-6,9H2,1-3H3. The number of hydrogen-bond acceptors (Lipinski definition) is 3. The first-order chi connectivity index (χ1) is 8.31. The van der Waals surface area contributed by atoms with Gasteiger partial charge in [-0.15, -0.1) is 11.3 Å². The Labute approximate surface area is 117 Å². The number of hydrogen-bond donors (Lipinski definition) is 1. The minimum absolute atomic E-state index is 0.0733. The minimum atomic E-state index is -0.849. The third-order valence-electron chi connectivity index (χ3n) is 2.52. The van der Waals surface area contributed by atoms with Crippen LogP contribution in [0.5, 0.6) is 0 Å². The summed E-state index contributed by atoms with van der Waals surface area (Å²) in [7, 11) is 0. The maximum absolute atomic E-state index is 12.0. The monoisotopic (exact) mass is 289 g/mol. The summed E-state index contributed by atoms with van der Waals surface area (Å²) in [6.45, 7) is 6.33. The lowest BCUT2D eigenvalue weighted by Crippen LogP contribution is -2.42. The van der Waals surface area contributed by atoms with Gasteiger partial charge >= 0.3 is 0 Å². The number of aliphatic hydroxyl groups is 1. The first kappa shape index (κ1) is 15.5. The van der Waals surface area contributed by atoms with E-state index in [9.17, 15) is 9.90 Å². The molecular formula is C13H20ClNO2S. The summed E-state index contributed by atoms with van der Waals surface area (Å²) in [4.78, 5) is 14.8. The Hall–Kier alpha value is -0.580. The number of thiophene rings is 1. The molecule has 0 aliphatic heterocycles. The molecule has 0 aliphatic rings. The van der Waals surface area contributed by atoms with Crippen molar-refractivity contribution in [1.29, 1.82) is 0 Å². The van der Waals surface area contributed by atoms with E-state index < -0.39 is 5.60 Å². The smallest absolute Gasteiger partial charge is 0.223 e. The van der Waals surface area contributed by atoms with Gasteiger partial charge in [0.15, 0.2) is 0 Å². The second-order valence-corrected chi connectivity index (χ2v) is 6.38. The molecule has 1 heterocycles. The molecule has 1 aromatic heterocycles. The average molecular weight is 290 g/mol. The van der Waals surface area contributed by atoms with Crippen LogP contribution in [0.2, 0.25) is 5.02 Å². The van der Waals surface area contributed by atoms with E-state index in [1.165, 1.54) is 0 Å². The zero-order valence-corrected chi connectivity index (χ0v) is 12.6. The highest BCUT2D eigenvalue weighted by Crippen LogP contribution is 2.20. The van der Waals surface area contributed by atoms with Crippen molar-refractivity contribution in [2.24, 2.45) is 0 Å². The maximum atomic E-state index is 12.0.